The molecule has 0 aliphatic heterocycles. The number of amides is 1. The smallest absolute Gasteiger partial charge is 0.254 e. The molecule has 0 unspecified atom stereocenters. The van der Waals surface area contributed by atoms with Gasteiger partial charge in [-0.3, -0.25) is 14.9 Å². The van der Waals surface area contributed by atoms with E-state index in [-0.39, 0.29) is 11.9 Å². The second-order valence-corrected chi connectivity index (χ2v) is 7.90. The Balaban J connectivity index is 1.69. The summed E-state index contributed by atoms with van der Waals surface area (Å²) >= 11 is 0. The third-order valence-corrected chi connectivity index (χ3v) is 5.81. The molecule has 33 heavy (non-hydrogen) atoms. The standard InChI is InChI=1S/C26H29N5O2/c1-4-33-24-14-19(10-11-21(24)18-8-6-5-7-9-18)26(32)31(3)23(12-13-27-2)22-17-28-15-20-16-29-30-25(20)22/h5-11,14-17,23,27H,4,12-13H2,1-3H3,(H,29,30)/t23-/m1/s1. The fourth-order valence-corrected chi connectivity index (χ4v) is 4.11. The molecule has 1 atom stereocenters. The number of benzene rings is 2. The molecule has 2 heterocycles. The van der Waals surface area contributed by atoms with Crippen LogP contribution in [0, 0.1) is 0 Å². The first-order chi connectivity index (χ1) is 16.1. The number of ether oxygens (including phenoxy) is 1. The number of H-pyrrole nitrogens is 1. The minimum atomic E-state index is -0.175. The van der Waals surface area contributed by atoms with Gasteiger partial charge in [-0.15, -0.1) is 0 Å². The van der Waals surface area contributed by atoms with Crippen molar-refractivity contribution >= 4 is 16.8 Å². The van der Waals surface area contributed by atoms with Crippen LogP contribution < -0.4 is 10.1 Å². The van der Waals surface area contributed by atoms with Crippen molar-refractivity contribution in [3.8, 4) is 16.9 Å². The van der Waals surface area contributed by atoms with E-state index in [1.54, 1.807) is 17.3 Å². The molecule has 2 aromatic carbocycles. The van der Waals surface area contributed by atoms with E-state index in [0.29, 0.717) is 17.9 Å². The first-order valence-electron chi connectivity index (χ1n) is 11.1. The minimum absolute atomic E-state index is 0.0758. The molecular weight excluding hydrogens is 414 g/mol. The van der Waals surface area contributed by atoms with E-state index in [2.05, 4.69) is 20.5 Å². The predicted octanol–water partition coefficient (Wildman–Crippen LogP) is 4.45. The average molecular weight is 444 g/mol. The van der Waals surface area contributed by atoms with Crippen molar-refractivity contribution < 1.29 is 9.53 Å². The molecule has 2 N–H and O–H groups in total. The fraction of sp³-hybridized carbons (Fsp3) is 0.269. The number of aromatic amines is 1. The summed E-state index contributed by atoms with van der Waals surface area (Å²) in [5, 5.41) is 11.3. The van der Waals surface area contributed by atoms with E-state index in [1.807, 2.05) is 75.7 Å². The van der Waals surface area contributed by atoms with Crippen LogP contribution in [0.5, 0.6) is 5.75 Å². The highest BCUT2D eigenvalue weighted by Crippen LogP contribution is 2.33. The van der Waals surface area contributed by atoms with Crippen molar-refractivity contribution in [2.75, 3.05) is 27.2 Å². The van der Waals surface area contributed by atoms with E-state index >= 15 is 0 Å². The number of rotatable bonds is 9. The molecule has 0 spiro atoms. The van der Waals surface area contributed by atoms with Gasteiger partial charge in [-0.05, 0) is 50.7 Å². The van der Waals surface area contributed by atoms with Crippen LogP contribution in [0.3, 0.4) is 0 Å². The molecule has 4 rings (SSSR count). The summed E-state index contributed by atoms with van der Waals surface area (Å²) in [5.41, 5.74) is 4.45. The molecule has 0 fully saturated rings. The highest BCUT2D eigenvalue weighted by Gasteiger charge is 2.26. The van der Waals surface area contributed by atoms with Crippen molar-refractivity contribution in [3.05, 3.63) is 78.2 Å². The zero-order valence-electron chi connectivity index (χ0n) is 19.2. The summed E-state index contributed by atoms with van der Waals surface area (Å²) in [5.74, 6) is 0.625. The van der Waals surface area contributed by atoms with Gasteiger partial charge in [0.25, 0.3) is 5.91 Å². The number of carbonyl (C=O) groups excluding carboxylic acids is 1. The molecule has 0 radical (unpaired) electrons. The lowest BCUT2D eigenvalue weighted by Crippen LogP contribution is -2.33. The summed E-state index contributed by atoms with van der Waals surface area (Å²) < 4.78 is 5.92. The molecular formula is C26H29N5O2. The van der Waals surface area contributed by atoms with Gasteiger partial charge in [-0.2, -0.15) is 5.10 Å². The van der Waals surface area contributed by atoms with Crippen LogP contribution >= 0.6 is 0 Å². The Hall–Kier alpha value is -3.71. The molecule has 2 aromatic heterocycles. The maximum absolute atomic E-state index is 13.6. The summed E-state index contributed by atoms with van der Waals surface area (Å²) in [6.45, 7) is 3.22. The second-order valence-electron chi connectivity index (χ2n) is 7.90. The van der Waals surface area contributed by atoms with Crippen LogP contribution in [0.25, 0.3) is 22.0 Å². The highest BCUT2D eigenvalue weighted by molar-refractivity contribution is 5.96. The molecule has 170 valence electrons. The van der Waals surface area contributed by atoms with Gasteiger partial charge < -0.3 is 15.0 Å². The maximum atomic E-state index is 13.6. The summed E-state index contributed by atoms with van der Waals surface area (Å²) in [4.78, 5) is 19.8. The number of nitrogens with one attached hydrogen (secondary N) is 2. The lowest BCUT2D eigenvalue weighted by atomic mass is 9.99. The molecule has 0 aliphatic carbocycles. The van der Waals surface area contributed by atoms with Crippen LogP contribution in [0.15, 0.2) is 67.1 Å². The summed E-state index contributed by atoms with van der Waals surface area (Å²) in [6.07, 6.45) is 6.07. The molecule has 0 aliphatic rings. The Morgan fingerprint density at radius 2 is 1.97 bits per heavy atom. The van der Waals surface area contributed by atoms with Gasteiger partial charge in [-0.1, -0.05) is 30.3 Å². The number of hydrogen-bond acceptors (Lipinski definition) is 5. The van der Waals surface area contributed by atoms with E-state index in [4.69, 9.17) is 4.74 Å². The van der Waals surface area contributed by atoms with E-state index in [9.17, 15) is 4.79 Å². The van der Waals surface area contributed by atoms with E-state index in [1.165, 1.54) is 0 Å². The number of hydrogen-bond donors (Lipinski definition) is 2. The first-order valence-corrected chi connectivity index (χ1v) is 11.1. The van der Waals surface area contributed by atoms with Gasteiger partial charge in [0.1, 0.15) is 5.75 Å². The highest BCUT2D eigenvalue weighted by atomic mass is 16.5. The van der Waals surface area contributed by atoms with Crippen LogP contribution in [0.4, 0.5) is 0 Å². The largest absolute Gasteiger partial charge is 0.493 e. The second kappa shape index (κ2) is 10.3. The van der Waals surface area contributed by atoms with Crippen molar-refractivity contribution in [3.63, 3.8) is 0 Å². The summed E-state index contributed by atoms with van der Waals surface area (Å²) in [6, 6.07) is 15.5. The van der Waals surface area contributed by atoms with Crippen LogP contribution in [0.2, 0.25) is 0 Å². The number of aromatic nitrogens is 3. The predicted molar refractivity (Wildman–Crippen MR) is 130 cm³/mol. The van der Waals surface area contributed by atoms with Crippen LogP contribution in [-0.2, 0) is 0 Å². The third kappa shape index (κ3) is 4.73. The molecule has 0 saturated heterocycles. The number of nitrogens with zero attached hydrogens (tertiary/aromatic N) is 3. The molecule has 1 amide bonds. The summed E-state index contributed by atoms with van der Waals surface area (Å²) in [7, 11) is 3.74. The monoisotopic (exact) mass is 443 g/mol. The minimum Gasteiger partial charge on any atom is -0.493 e. The van der Waals surface area contributed by atoms with E-state index in [0.717, 1.165) is 40.6 Å². The van der Waals surface area contributed by atoms with Crippen molar-refractivity contribution in [1.29, 1.82) is 0 Å². The molecule has 7 nitrogen and oxygen atoms in total. The molecule has 0 saturated carbocycles. The van der Waals surface area contributed by atoms with Crippen molar-refractivity contribution in [2.45, 2.75) is 19.4 Å². The average Bonchev–Trinajstić information content (AvgIpc) is 3.34. The molecule has 4 aromatic rings. The van der Waals surface area contributed by atoms with E-state index < -0.39 is 0 Å². The van der Waals surface area contributed by atoms with Gasteiger partial charge in [0, 0.05) is 41.5 Å². The van der Waals surface area contributed by atoms with Gasteiger partial charge in [0.15, 0.2) is 0 Å². The Bertz CT molecular complexity index is 1220. The number of fused-ring (bicyclic) bond motifs is 1. The Labute approximate surface area is 193 Å². The Morgan fingerprint density at radius 1 is 1.15 bits per heavy atom. The van der Waals surface area contributed by atoms with Crippen molar-refractivity contribution in [2.24, 2.45) is 0 Å². The normalized spacial score (nSPS) is 12.0. The topological polar surface area (TPSA) is 83.1 Å². The van der Waals surface area contributed by atoms with Gasteiger partial charge in [-0.25, -0.2) is 0 Å². The maximum Gasteiger partial charge on any atom is 0.254 e. The van der Waals surface area contributed by atoms with Crippen LogP contribution in [0.1, 0.15) is 35.3 Å². The molecule has 7 heteroatoms. The van der Waals surface area contributed by atoms with Crippen molar-refractivity contribution in [1.82, 2.24) is 25.4 Å². The first kappa shape index (κ1) is 22.5. The number of pyridine rings is 1. The van der Waals surface area contributed by atoms with Crippen LogP contribution in [-0.4, -0.2) is 53.2 Å². The fourth-order valence-electron chi connectivity index (χ4n) is 4.11. The quantitative estimate of drug-likeness (QED) is 0.399. The van der Waals surface area contributed by atoms with Gasteiger partial charge >= 0.3 is 0 Å². The zero-order chi connectivity index (χ0) is 23.2. The lowest BCUT2D eigenvalue weighted by Gasteiger charge is -2.29. The Morgan fingerprint density at radius 3 is 2.73 bits per heavy atom. The third-order valence-electron chi connectivity index (χ3n) is 5.81. The Kier molecular flexibility index (Phi) is 7.00. The SMILES string of the molecule is CCOc1cc(C(=O)N(C)[C@H](CCNC)c2cncc3cn[nH]c23)ccc1-c1ccccc1. The van der Waals surface area contributed by atoms with Gasteiger partial charge in [0.2, 0.25) is 0 Å². The molecule has 0 bridgehead atoms. The zero-order valence-corrected chi connectivity index (χ0v) is 19.2. The number of carbonyl (C=O) groups is 1. The lowest BCUT2D eigenvalue weighted by molar-refractivity contribution is 0.0723. The van der Waals surface area contributed by atoms with Gasteiger partial charge in [0.05, 0.1) is 24.4 Å².